The van der Waals surface area contributed by atoms with Crippen molar-refractivity contribution < 1.29 is 28.5 Å². The monoisotopic (exact) mass is 536 g/mol. The first-order chi connectivity index (χ1) is 16.2. The van der Waals surface area contributed by atoms with Crippen LogP contribution in [0.2, 0.25) is 0 Å². The third-order valence-electron chi connectivity index (χ3n) is 4.67. The molecule has 0 bridgehead atoms. The van der Waals surface area contributed by atoms with Gasteiger partial charge >= 0.3 is 11.9 Å². The van der Waals surface area contributed by atoms with Gasteiger partial charge in [-0.15, -0.1) is 0 Å². The summed E-state index contributed by atoms with van der Waals surface area (Å²) < 4.78 is 20.3. The lowest BCUT2D eigenvalue weighted by atomic mass is 9.99. The molecule has 2 rings (SSSR count). The van der Waals surface area contributed by atoms with E-state index < -0.39 is 17.9 Å². The minimum absolute atomic E-state index is 0.124. The van der Waals surface area contributed by atoms with E-state index in [0.717, 1.165) is 28.8 Å². The van der Waals surface area contributed by atoms with Gasteiger partial charge in [0.2, 0.25) is 0 Å². The average Bonchev–Trinajstić information content (AvgIpc) is 2.81. The SMILES string of the molecule is CC(C)Oc1ccc(CCBr)cc1.COC(=O)C(CCc1ccc(OC(C)C)cc1)C(=O)OC. The first-order valence-corrected chi connectivity index (χ1v) is 12.5. The molecule has 0 saturated heterocycles. The van der Waals surface area contributed by atoms with Gasteiger partial charge in [-0.25, -0.2) is 0 Å². The molecule has 0 atom stereocenters. The number of halogens is 1. The molecule has 0 spiro atoms. The first kappa shape index (κ1) is 29.5. The molecule has 0 fully saturated rings. The Morgan fingerprint density at radius 3 is 1.41 bits per heavy atom. The largest absolute Gasteiger partial charge is 0.491 e. The minimum Gasteiger partial charge on any atom is -0.491 e. The van der Waals surface area contributed by atoms with Gasteiger partial charge in [-0.2, -0.15) is 0 Å². The number of ether oxygens (including phenoxy) is 4. The third-order valence-corrected chi connectivity index (χ3v) is 5.06. The smallest absolute Gasteiger partial charge is 0.320 e. The van der Waals surface area contributed by atoms with E-state index in [-0.39, 0.29) is 12.2 Å². The van der Waals surface area contributed by atoms with E-state index in [2.05, 4.69) is 37.5 Å². The summed E-state index contributed by atoms with van der Waals surface area (Å²) in [5, 5.41) is 1.01. The van der Waals surface area contributed by atoms with Crippen LogP contribution in [-0.4, -0.2) is 43.7 Å². The first-order valence-electron chi connectivity index (χ1n) is 11.4. The fourth-order valence-electron chi connectivity index (χ4n) is 3.05. The highest BCUT2D eigenvalue weighted by atomic mass is 79.9. The molecule has 6 nitrogen and oxygen atoms in total. The molecular formula is C27H37BrO6. The number of alkyl halides is 1. The molecule has 0 unspecified atom stereocenters. The number of aryl methyl sites for hydroxylation is 2. The van der Waals surface area contributed by atoms with E-state index in [1.54, 1.807) is 0 Å². The molecule has 0 amide bonds. The zero-order valence-electron chi connectivity index (χ0n) is 21.0. The topological polar surface area (TPSA) is 71.1 Å². The van der Waals surface area contributed by atoms with E-state index in [9.17, 15) is 9.59 Å². The average molecular weight is 537 g/mol. The van der Waals surface area contributed by atoms with Crippen molar-refractivity contribution in [2.24, 2.45) is 5.92 Å². The summed E-state index contributed by atoms with van der Waals surface area (Å²) in [7, 11) is 2.52. The molecule has 0 N–H and O–H groups in total. The predicted octanol–water partition coefficient (Wildman–Crippen LogP) is 5.78. The highest BCUT2D eigenvalue weighted by Gasteiger charge is 2.28. The summed E-state index contributed by atoms with van der Waals surface area (Å²) in [6.07, 6.45) is 2.38. The van der Waals surface area contributed by atoms with Crippen molar-refractivity contribution in [2.75, 3.05) is 19.5 Å². The van der Waals surface area contributed by atoms with Crippen molar-refractivity contribution in [1.29, 1.82) is 0 Å². The van der Waals surface area contributed by atoms with Crippen LogP contribution in [0.15, 0.2) is 48.5 Å². The maximum atomic E-state index is 11.6. The molecule has 0 aromatic heterocycles. The van der Waals surface area contributed by atoms with E-state index in [4.69, 9.17) is 9.47 Å². The number of rotatable bonds is 11. The number of benzene rings is 2. The molecule has 0 aliphatic rings. The fourth-order valence-corrected chi connectivity index (χ4v) is 3.51. The van der Waals surface area contributed by atoms with Gasteiger partial charge in [-0.1, -0.05) is 40.2 Å². The Morgan fingerprint density at radius 1 is 0.706 bits per heavy atom. The van der Waals surface area contributed by atoms with Gasteiger partial charge in [0, 0.05) is 5.33 Å². The van der Waals surface area contributed by atoms with Gasteiger partial charge in [-0.3, -0.25) is 9.59 Å². The van der Waals surface area contributed by atoms with Crippen molar-refractivity contribution in [1.82, 2.24) is 0 Å². The molecule has 0 aliphatic carbocycles. The second-order valence-electron chi connectivity index (χ2n) is 8.20. The predicted molar refractivity (Wildman–Crippen MR) is 138 cm³/mol. The van der Waals surface area contributed by atoms with Crippen molar-refractivity contribution in [3.05, 3.63) is 59.7 Å². The van der Waals surface area contributed by atoms with Crippen LogP contribution in [0.4, 0.5) is 0 Å². The van der Waals surface area contributed by atoms with E-state index in [1.807, 2.05) is 64.1 Å². The zero-order chi connectivity index (χ0) is 25.5. The molecule has 0 saturated carbocycles. The Balaban J connectivity index is 0.000000380. The Kier molecular flexibility index (Phi) is 14.0. The highest BCUT2D eigenvalue weighted by Crippen LogP contribution is 2.18. The fraction of sp³-hybridized carbons (Fsp3) is 0.481. The summed E-state index contributed by atoms with van der Waals surface area (Å²) in [5.41, 5.74) is 2.36. The van der Waals surface area contributed by atoms with Crippen molar-refractivity contribution in [2.45, 2.75) is 59.2 Å². The summed E-state index contributed by atoms with van der Waals surface area (Å²) in [6.45, 7) is 8.00. The molecule has 188 valence electrons. The Bertz CT molecular complexity index is 830. The summed E-state index contributed by atoms with van der Waals surface area (Å²) in [5.74, 6) is -0.269. The molecular weight excluding hydrogens is 500 g/mol. The Morgan fingerprint density at radius 2 is 1.09 bits per heavy atom. The number of hydrogen-bond donors (Lipinski definition) is 0. The molecule has 0 aliphatic heterocycles. The van der Waals surface area contributed by atoms with E-state index >= 15 is 0 Å². The lowest BCUT2D eigenvalue weighted by Gasteiger charge is -2.13. The van der Waals surface area contributed by atoms with Gasteiger partial charge < -0.3 is 18.9 Å². The Hall–Kier alpha value is -2.54. The number of methoxy groups -OCH3 is 2. The van der Waals surface area contributed by atoms with E-state index in [1.165, 1.54) is 19.8 Å². The van der Waals surface area contributed by atoms with Crippen LogP contribution in [0, 0.1) is 5.92 Å². The molecule has 0 heterocycles. The van der Waals surface area contributed by atoms with Crippen LogP contribution in [0.25, 0.3) is 0 Å². The standard InChI is InChI=1S/C16H22O5.C11H15BrO/c1-11(2)21-13-8-5-12(6-9-13)7-10-14(15(17)19-3)16(18)20-4;1-9(2)13-11-5-3-10(4-6-11)7-8-12/h5-6,8-9,11,14H,7,10H2,1-4H3;3-6,9H,7-8H2,1-2H3. The maximum absolute atomic E-state index is 11.6. The van der Waals surface area contributed by atoms with Crippen LogP contribution in [-0.2, 0) is 31.9 Å². The van der Waals surface area contributed by atoms with Crippen molar-refractivity contribution >= 4 is 27.9 Å². The quantitative estimate of drug-likeness (QED) is 0.206. The number of hydrogen-bond acceptors (Lipinski definition) is 6. The van der Waals surface area contributed by atoms with E-state index in [0.29, 0.717) is 12.8 Å². The molecule has 2 aromatic carbocycles. The second-order valence-corrected chi connectivity index (χ2v) is 8.99. The van der Waals surface area contributed by atoms with Crippen LogP contribution in [0.5, 0.6) is 11.5 Å². The molecule has 34 heavy (non-hydrogen) atoms. The highest BCUT2D eigenvalue weighted by molar-refractivity contribution is 9.09. The van der Waals surface area contributed by atoms with Crippen LogP contribution in [0.1, 0.15) is 45.2 Å². The lowest BCUT2D eigenvalue weighted by Crippen LogP contribution is -2.27. The zero-order valence-corrected chi connectivity index (χ0v) is 22.6. The Labute approximate surface area is 212 Å². The van der Waals surface area contributed by atoms with Crippen LogP contribution < -0.4 is 9.47 Å². The maximum Gasteiger partial charge on any atom is 0.320 e. The molecule has 2 aromatic rings. The molecule has 7 heteroatoms. The number of esters is 2. The molecule has 0 radical (unpaired) electrons. The minimum atomic E-state index is -0.883. The van der Waals surface area contributed by atoms with Gasteiger partial charge in [0.1, 0.15) is 11.5 Å². The van der Waals surface area contributed by atoms with Crippen LogP contribution >= 0.6 is 15.9 Å². The van der Waals surface area contributed by atoms with Gasteiger partial charge in [0.05, 0.1) is 26.4 Å². The summed E-state index contributed by atoms with van der Waals surface area (Å²) >= 11 is 3.41. The number of carbonyl (C=O) groups excluding carboxylic acids is 2. The van der Waals surface area contributed by atoms with Gasteiger partial charge in [-0.05, 0) is 82.3 Å². The second kappa shape index (κ2) is 16.1. The lowest BCUT2D eigenvalue weighted by molar-refractivity contribution is -0.159. The van der Waals surface area contributed by atoms with Crippen LogP contribution in [0.3, 0.4) is 0 Å². The summed E-state index contributed by atoms with van der Waals surface area (Å²) in [4.78, 5) is 23.1. The van der Waals surface area contributed by atoms with Crippen molar-refractivity contribution in [3.63, 3.8) is 0 Å². The van der Waals surface area contributed by atoms with Gasteiger partial charge in [0.15, 0.2) is 5.92 Å². The number of carbonyl (C=O) groups is 2. The van der Waals surface area contributed by atoms with Gasteiger partial charge in [0.25, 0.3) is 0 Å². The third kappa shape index (κ3) is 11.5. The summed E-state index contributed by atoms with van der Waals surface area (Å²) in [6, 6.07) is 15.9. The normalized spacial score (nSPS) is 10.5. The van der Waals surface area contributed by atoms with Crippen molar-refractivity contribution in [3.8, 4) is 11.5 Å².